The molecule has 0 aliphatic heterocycles. The van der Waals surface area contributed by atoms with Gasteiger partial charge in [0.15, 0.2) is 11.5 Å². The number of halogens is 1. The van der Waals surface area contributed by atoms with E-state index in [9.17, 15) is 4.39 Å². The predicted octanol–water partition coefficient (Wildman–Crippen LogP) is 2.67. The summed E-state index contributed by atoms with van der Waals surface area (Å²) >= 11 is 0. The van der Waals surface area contributed by atoms with Crippen LogP contribution >= 0.6 is 0 Å². The number of hydrogen-bond donors (Lipinski definition) is 1. The highest BCUT2D eigenvalue weighted by Gasteiger charge is 2.09. The lowest BCUT2D eigenvalue weighted by Crippen LogP contribution is -1.99. The maximum atomic E-state index is 13.3. The minimum atomic E-state index is -0.358. The third-order valence-corrected chi connectivity index (χ3v) is 3.40. The highest BCUT2D eigenvalue weighted by atomic mass is 19.1. The fourth-order valence-electron chi connectivity index (χ4n) is 2.42. The van der Waals surface area contributed by atoms with Crippen LogP contribution in [0.5, 0.6) is 0 Å². The molecule has 102 valence electrons. The van der Waals surface area contributed by atoms with Crippen LogP contribution in [0, 0.1) is 5.82 Å². The molecule has 5 nitrogen and oxygen atoms in total. The van der Waals surface area contributed by atoms with Gasteiger partial charge >= 0.3 is 0 Å². The molecule has 0 saturated heterocycles. The van der Waals surface area contributed by atoms with E-state index in [2.05, 4.69) is 15.0 Å². The summed E-state index contributed by atoms with van der Waals surface area (Å²) in [5, 5.41) is 0.734. The summed E-state index contributed by atoms with van der Waals surface area (Å²) in [6.45, 7) is 0. The average molecular weight is 279 g/mol. The molecule has 3 heterocycles. The molecule has 0 aliphatic carbocycles. The summed E-state index contributed by atoms with van der Waals surface area (Å²) in [4.78, 5) is 12.4. The molecule has 4 aromatic rings. The molecule has 0 aliphatic rings. The number of benzene rings is 1. The number of rotatable bonds is 1. The quantitative estimate of drug-likeness (QED) is 0.581. The topological polar surface area (TPSA) is 69.1 Å². The number of hydrogen-bond acceptors (Lipinski definition) is 4. The Morgan fingerprint density at radius 2 is 1.95 bits per heavy atom. The Hall–Kier alpha value is -3.02. The highest BCUT2D eigenvalue weighted by molar-refractivity contribution is 5.84. The summed E-state index contributed by atoms with van der Waals surface area (Å²) in [6.07, 6.45) is 6.37. The molecule has 0 atom stereocenters. The Bertz CT molecular complexity index is 976. The molecule has 0 unspecified atom stereocenters. The third-order valence-electron chi connectivity index (χ3n) is 3.40. The Labute approximate surface area is 118 Å². The summed E-state index contributed by atoms with van der Waals surface area (Å²) < 4.78 is 15.2. The van der Waals surface area contributed by atoms with E-state index in [1.165, 1.54) is 12.3 Å². The van der Waals surface area contributed by atoms with Crippen molar-refractivity contribution in [2.75, 3.05) is 5.73 Å². The number of nitrogen functional groups attached to an aromatic ring is 1. The maximum Gasteiger partial charge on any atom is 0.180 e. The zero-order valence-corrected chi connectivity index (χ0v) is 10.9. The largest absolute Gasteiger partial charge is 0.381 e. The Balaban J connectivity index is 2.00. The Morgan fingerprint density at radius 1 is 1.05 bits per heavy atom. The van der Waals surface area contributed by atoms with Crippen molar-refractivity contribution in [3.8, 4) is 11.3 Å². The first kappa shape index (κ1) is 11.8. The van der Waals surface area contributed by atoms with Crippen LogP contribution in [0.4, 0.5) is 10.2 Å². The standard InChI is InChI=1S/C15H10FN5/c16-11-6-10-5-9(1-2-12(10)19-7-11)13-8-20-14(17)15-18-3-4-21(13)15/h1-8H,(H2,17,20). The molecular weight excluding hydrogens is 269 g/mol. The van der Waals surface area contributed by atoms with Crippen LogP contribution in [0.3, 0.4) is 0 Å². The number of nitrogens with two attached hydrogens (primary N) is 1. The van der Waals surface area contributed by atoms with E-state index in [1.807, 2.05) is 28.8 Å². The zero-order valence-electron chi connectivity index (χ0n) is 10.9. The van der Waals surface area contributed by atoms with E-state index < -0.39 is 0 Å². The zero-order chi connectivity index (χ0) is 14.4. The molecule has 0 radical (unpaired) electrons. The van der Waals surface area contributed by atoms with E-state index in [0.717, 1.165) is 22.2 Å². The molecule has 4 rings (SSSR count). The van der Waals surface area contributed by atoms with Gasteiger partial charge in [-0.25, -0.2) is 14.4 Å². The second-order valence-corrected chi connectivity index (χ2v) is 4.71. The summed E-state index contributed by atoms with van der Waals surface area (Å²) in [6, 6.07) is 7.10. The van der Waals surface area contributed by atoms with Crippen molar-refractivity contribution >= 4 is 22.4 Å². The van der Waals surface area contributed by atoms with E-state index in [4.69, 9.17) is 5.73 Å². The van der Waals surface area contributed by atoms with Gasteiger partial charge in [-0.2, -0.15) is 0 Å². The van der Waals surface area contributed by atoms with Crippen molar-refractivity contribution in [2.24, 2.45) is 0 Å². The second-order valence-electron chi connectivity index (χ2n) is 4.71. The molecule has 0 fully saturated rings. The normalized spacial score (nSPS) is 11.3. The second kappa shape index (κ2) is 4.24. The van der Waals surface area contributed by atoms with Gasteiger partial charge in [0.25, 0.3) is 0 Å². The van der Waals surface area contributed by atoms with Crippen LogP contribution in [0.1, 0.15) is 0 Å². The van der Waals surface area contributed by atoms with Gasteiger partial charge < -0.3 is 5.73 Å². The van der Waals surface area contributed by atoms with Gasteiger partial charge in [-0.3, -0.25) is 9.38 Å². The molecule has 0 spiro atoms. The van der Waals surface area contributed by atoms with Gasteiger partial charge in [0.05, 0.1) is 23.6 Å². The average Bonchev–Trinajstić information content (AvgIpc) is 2.97. The molecule has 0 bridgehead atoms. The summed E-state index contributed by atoms with van der Waals surface area (Å²) in [7, 11) is 0. The van der Waals surface area contributed by atoms with E-state index in [0.29, 0.717) is 11.5 Å². The molecule has 0 amide bonds. The van der Waals surface area contributed by atoms with Gasteiger partial charge in [0.2, 0.25) is 0 Å². The first-order valence-corrected chi connectivity index (χ1v) is 6.35. The summed E-state index contributed by atoms with van der Waals surface area (Å²) in [5.74, 6) is 0.0140. The van der Waals surface area contributed by atoms with Crippen LogP contribution < -0.4 is 5.73 Å². The van der Waals surface area contributed by atoms with Crippen LogP contribution in [0.15, 0.2) is 49.1 Å². The fraction of sp³-hybridized carbons (Fsp3) is 0. The lowest BCUT2D eigenvalue weighted by atomic mass is 10.1. The first-order valence-electron chi connectivity index (χ1n) is 6.35. The number of anilines is 1. The van der Waals surface area contributed by atoms with Crippen LogP contribution in [-0.2, 0) is 0 Å². The number of nitrogens with zero attached hydrogens (tertiary/aromatic N) is 4. The molecule has 21 heavy (non-hydrogen) atoms. The van der Waals surface area contributed by atoms with Crippen molar-refractivity contribution in [3.05, 3.63) is 54.9 Å². The third kappa shape index (κ3) is 1.80. The van der Waals surface area contributed by atoms with Gasteiger partial charge in [0.1, 0.15) is 5.82 Å². The number of imidazole rings is 1. The maximum absolute atomic E-state index is 13.3. The van der Waals surface area contributed by atoms with Crippen molar-refractivity contribution in [3.63, 3.8) is 0 Å². The van der Waals surface area contributed by atoms with E-state index in [-0.39, 0.29) is 5.82 Å². The molecule has 0 saturated carbocycles. The van der Waals surface area contributed by atoms with Gasteiger partial charge in [-0.05, 0) is 18.2 Å². The Kier molecular flexibility index (Phi) is 2.38. The molecule has 6 heteroatoms. The van der Waals surface area contributed by atoms with Crippen LogP contribution in [-0.4, -0.2) is 19.4 Å². The fourth-order valence-corrected chi connectivity index (χ4v) is 2.42. The van der Waals surface area contributed by atoms with Crippen molar-refractivity contribution in [1.29, 1.82) is 0 Å². The van der Waals surface area contributed by atoms with Crippen LogP contribution in [0.25, 0.3) is 27.8 Å². The molecule has 1 aromatic carbocycles. The predicted molar refractivity (Wildman–Crippen MR) is 78.1 cm³/mol. The van der Waals surface area contributed by atoms with Gasteiger partial charge in [0, 0.05) is 23.3 Å². The minimum absolute atomic E-state index is 0.358. The smallest absolute Gasteiger partial charge is 0.180 e. The number of fused-ring (bicyclic) bond motifs is 2. The molecule has 3 aromatic heterocycles. The SMILES string of the molecule is Nc1ncc(-c2ccc3ncc(F)cc3c2)n2ccnc12. The first-order chi connectivity index (χ1) is 10.2. The minimum Gasteiger partial charge on any atom is -0.381 e. The summed E-state index contributed by atoms with van der Waals surface area (Å²) in [5.41, 5.74) is 8.88. The number of pyridine rings is 1. The monoisotopic (exact) mass is 279 g/mol. The molecule has 2 N–H and O–H groups in total. The van der Waals surface area contributed by atoms with E-state index in [1.54, 1.807) is 12.4 Å². The number of aromatic nitrogens is 4. The van der Waals surface area contributed by atoms with Gasteiger partial charge in [-0.15, -0.1) is 0 Å². The van der Waals surface area contributed by atoms with Gasteiger partial charge in [-0.1, -0.05) is 6.07 Å². The molecular formula is C15H10FN5. The highest BCUT2D eigenvalue weighted by Crippen LogP contribution is 2.25. The lowest BCUT2D eigenvalue weighted by Gasteiger charge is -2.07. The van der Waals surface area contributed by atoms with E-state index >= 15 is 0 Å². The van der Waals surface area contributed by atoms with Crippen molar-refractivity contribution in [1.82, 2.24) is 19.4 Å². The lowest BCUT2D eigenvalue weighted by molar-refractivity contribution is 0.624. The van der Waals surface area contributed by atoms with Crippen molar-refractivity contribution in [2.45, 2.75) is 0 Å². The Morgan fingerprint density at radius 3 is 2.86 bits per heavy atom. The van der Waals surface area contributed by atoms with Crippen molar-refractivity contribution < 1.29 is 4.39 Å². The van der Waals surface area contributed by atoms with Crippen LogP contribution in [0.2, 0.25) is 0 Å².